The lowest BCUT2D eigenvalue weighted by molar-refractivity contribution is 1.23. The Morgan fingerprint density at radius 3 is 1.86 bits per heavy atom. The molecule has 0 aliphatic carbocycles. The lowest BCUT2D eigenvalue weighted by Gasteiger charge is -2.09. The van der Waals surface area contributed by atoms with E-state index in [9.17, 15) is 0 Å². The molecule has 28 heavy (non-hydrogen) atoms. The van der Waals surface area contributed by atoms with Crippen LogP contribution in [0.25, 0.3) is 0 Å². The Hall–Kier alpha value is -3.07. The smallest absolute Gasteiger partial charge is 0.0849 e. The highest BCUT2D eigenvalue weighted by molar-refractivity contribution is 6.02. The van der Waals surface area contributed by atoms with Crippen LogP contribution in [0.5, 0.6) is 0 Å². The fraction of sp³-hybridized carbons (Fsp3) is 0.240. The normalized spacial score (nSPS) is 12.4. The predicted molar refractivity (Wildman–Crippen MR) is 120 cm³/mol. The zero-order valence-corrected chi connectivity index (χ0v) is 17.5. The Labute approximate surface area is 167 Å². The van der Waals surface area contributed by atoms with E-state index in [4.69, 9.17) is 15.0 Å². The van der Waals surface area contributed by atoms with Crippen molar-refractivity contribution in [3.63, 3.8) is 0 Å². The fourth-order valence-electron chi connectivity index (χ4n) is 3.34. The highest BCUT2D eigenvalue weighted by Gasteiger charge is 2.08. The summed E-state index contributed by atoms with van der Waals surface area (Å²) in [7, 11) is 0. The van der Waals surface area contributed by atoms with Crippen molar-refractivity contribution in [2.45, 2.75) is 41.5 Å². The van der Waals surface area contributed by atoms with Gasteiger partial charge in [0.25, 0.3) is 0 Å². The molecule has 0 aliphatic heterocycles. The van der Waals surface area contributed by atoms with E-state index in [-0.39, 0.29) is 0 Å². The van der Waals surface area contributed by atoms with Gasteiger partial charge in [-0.2, -0.15) is 0 Å². The van der Waals surface area contributed by atoms with Crippen LogP contribution >= 0.6 is 0 Å². The van der Waals surface area contributed by atoms with E-state index in [0.717, 1.165) is 39.7 Å². The summed E-state index contributed by atoms with van der Waals surface area (Å²) in [5.41, 5.74) is 10.3. The van der Waals surface area contributed by atoms with Crippen LogP contribution in [-0.4, -0.2) is 16.4 Å². The summed E-state index contributed by atoms with van der Waals surface area (Å²) in [5, 5.41) is 0. The quantitative estimate of drug-likeness (QED) is 0.478. The summed E-state index contributed by atoms with van der Waals surface area (Å²) in [6.07, 6.45) is 0. The van der Waals surface area contributed by atoms with Gasteiger partial charge in [0.05, 0.1) is 34.2 Å². The van der Waals surface area contributed by atoms with Crippen LogP contribution in [0.4, 0.5) is 11.4 Å². The molecule has 3 aromatic rings. The first kappa shape index (κ1) is 19.7. The van der Waals surface area contributed by atoms with Crippen molar-refractivity contribution in [1.29, 1.82) is 0 Å². The average Bonchev–Trinajstić information content (AvgIpc) is 2.66. The van der Waals surface area contributed by atoms with Crippen molar-refractivity contribution in [2.75, 3.05) is 0 Å². The highest BCUT2D eigenvalue weighted by Crippen LogP contribution is 2.26. The highest BCUT2D eigenvalue weighted by atomic mass is 14.8. The standard InChI is InChI=1S/C25H27N3/c1-16-14-18(3)25(19(4)15-16)27-21(6)24-13-9-12-23(28-24)20(5)26-22-11-8-7-10-17(22)2/h7-15H,1-6H3. The molecule has 0 aliphatic rings. The molecular formula is C25H27N3. The minimum absolute atomic E-state index is 0.868. The van der Waals surface area contributed by atoms with Gasteiger partial charge in [-0.3, -0.25) is 9.98 Å². The molecule has 2 aromatic carbocycles. The van der Waals surface area contributed by atoms with Gasteiger partial charge in [-0.15, -0.1) is 0 Å². The molecule has 0 bridgehead atoms. The number of hydrogen-bond acceptors (Lipinski definition) is 3. The lowest BCUT2D eigenvalue weighted by atomic mass is 10.1. The molecule has 3 heteroatoms. The first-order valence-corrected chi connectivity index (χ1v) is 9.57. The summed E-state index contributed by atoms with van der Waals surface area (Å²) in [6.45, 7) is 12.4. The van der Waals surface area contributed by atoms with E-state index < -0.39 is 0 Å². The van der Waals surface area contributed by atoms with E-state index in [2.05, 4.69) is 45.9 Å². The summed E-state index contributed by atoms with van der Waals surface area (Å²) in [6, 6.07) is 18.5. The molecule has 1 aromatic heterocycles. The topological polar surface area (TPSA) is 37.6 Å². The third-order valence-electron chi connectivity index (χ3n) is 4.81. The van der Waals surface area contributed by atoms with Crippen LogP contribution < -0.4 is 0 Å². The summed E-state index contributed by atoms with van der Waals surface area (Å²) in [5.74, 6) is 0. The van der Waals surface area contributed by atoms with Gasteiger partial charge >= 0.3 is 0 Å². The van der Waals surface area contributed by atoms with E-state index in [1.165, 1.54) is 16.7 Å². The van der Waals surface area contributed by atoms with Gasteiger partial charge in [0.15, 0.2) is 0 Å². The van der Waals surface area contributed by atoms with Gasteiger partial charge in [0.2, 0.25) is 0 Å². The number of aryl methyl sites for hydroxylation is 4. The maximum Gasteiger partial charge on any atom is 0.0849 e. The Kier molecular flexibility index (Phi) is 5.84. The van der Waals surface area contributed by atoms with Crippen molar-refractivity contribution in [2.24, 2.45) is 9.98 Å². The number of aromatic nitrogens is 1. The molecular weight excluding hydrogens is 342 g/mol. The minimum Gasteiger partial charge on any atom is -0.251 e. The van der Waals surface area contributed by atoms with Crippen molar-refractivity contribution < 1.29 is 0 Å². The molecule has 0 saturated carbocycles. The fourth-order valence-corrected chi connectivity index (χ4v) is 3.34. The molecule has 0 spiro atoms. The van der Waals surface area contributed by atoms with E-state index >= 15 is 0 Å². The number of aliphatic imine (C=N–C) groups is 2. The van der Waals surface area contributed by atoms with Crippen LogP contribution in [0.2, 0.25) is 0 Å². The minimum atomic E-state index is 0.868. The molecule has 0 N–H and O–H groups in total. The van der Waals surface area contributed by atoms with Gasteiger partial charge < -0.3 is 0 Å². The maximum absolute atomic E-state index is 4.88. The predicted octanol–water partition coefficient (Wildman–Crippen LogP) is 6.60. The van der Waals surface area contributed by atoms with Gasteiger partial charge in [-0.25, -0.2) is 4.98 Å². The second-order valence-corrected chi connectivity index (χ2v) is 7.34. The Balaban J connectivity index is 1.96. The Bertz CT molecular complexity index is 1050. The van der Waals surface area contributed by atoms with Crippen molar-refractivity contribution in [3.8, 4) is 0 Å². The summed E-state index contributed by atoms with van der Waals surface area (Å²) >= 11 is 0. The molecule has 3 rings (SSSR count). The SMILES string of the molecule is CC(=Nc1ccccc1C)c1cccc(C(C)=Nc2c(C)cc(C)cc2C)n1. The Morgan fingerprint density at radius 1 is 0.679 bits per heavy atom. The zero-order valence-electron chi connectivity index (χ0n) is 17.5. The number of rotatable bonds is 4. The van der Waals surface area contributed by atoms with Crippen molar-refractivity contribution >= 4 is 22.8 Å². The second kappa shape index (κ2) is 8.30. The number of benzene rings is 2. The lowest BCUT2D eigenvalue weighted by Crippen LogP contribution is -2.05. The number of para-hydroxylation sites is 1. The molecule has 1 heterocycles. The molecule has 0 amide bonds. The monoisotopic (exact) mass is 369 g/mol. The molecule has 3 nitrogen and oxygen atoms in total. The zero-order chi connectivity index (χ0) is 20.3. The van der Waals surface area contributed by atoms with Gasteiger partial charge in [-0.05, 0) is 76.4 Å². The third-order valence-corrected chi connectivity index (χ3v) is 4.81. The van der Waals surface area contributed by atoms with E-state index in [0.29, 0.717) is 0 Å². The van der Waals surface area contributed by atoms with Crippen molar-refractivity contribution in [3.05, 3.63) is 88.2 Å². The number of nitrogens with zero attached hydrogens (tertiary/aromatic N) is 3. The van der Waals surface area contributed by atoms with Crippen LogP contribution in [-0.2, 0) is 0 Å². The first-order valence-electron chi connectivity index (χ1n) is 9.57. The van der Waals surface area contributed by atoms with Crippen LogP contribution in [0.15, 0.2) is 64.6 Å². The largest absolute Gasteiger partial charge is 0.251 e. The molecule has 0 saturated heterocycles. The second-order valence-electron chi connectivity index (χ2n) is 7.34. The van der Waals surface area contributed by atoms with Gasteiger partial charge in [0, 0.05) is 0 Å². The van der Waals surface area contributed by atoms with Crippen LogP contribution in [0.3, 0.4) is 0 Å². The Morgan fingerprint density at radius 2 is 1.25 bits per heavy atom. The molecule has 142 valence electrons. The average molecular weight is 370 g/mol. The maximum atomic E-state index is 4.88. The van der Waals surface area contributed by atoms with Gasteiger partial charge in [-0.1, -0.05) is 42.0 Å². The first-order chi connectivity index (χ1) is 13.3. The van der Waals surface area contributed by atoms with Crippen LogP contribution in [0, 0.1) is 27.7 Å². The number of pyridine rings is 1. The third kappa shape index (κ3) is 4.42. The molecule has 0 atom stereocenters. The van der Waals surface area contributed by atoms with E-state index in [1.807, 2.05) is 50.2 Å². The van der Waals surface area contributed by atoms with Crippen LogP contribution in [0.1, 0.15) is 47.5 Å². The molecule has 0 unspecified atom stereocenters. The van der Waals surface area contributed by atoms with Gasteiger partial charge in [0.1, 0.15) is 0 Å². The summed E-state index contributed by atoms with van der Waals surface area (Å²) < 4.78 is 0. The molecule has 0 radical (unpaired) electrons. The molecule has 0 fully saturated rings. The number of hydrogen-bond donors (Lipinski definition) is 0. The summed E-state index contributed by atoms with van der Waals surface area (Å²) in [4.78, 5) is 14.5. The van der Waals surface area contributed by atoms with E-state index in [1.54, 1.807) is 0 Å². The van der Waals surface area contributed by atoms with Crippen molar-refractivity contribution in [1.82, 2.24) is 4.98 Å².